The van der Waals surface area contributed by atoms with E-state index in [1.807, 2.05) is 91.0 Å². The van der Waals surface area contributed by atoms with Gasteiger partial charge in [0.15, 0.2) is 15.6 Å². The summed E-state index contributed by atoms with van der Waals surface area (Å²) in [5, 5.41) is 3.50. The van der Waals surface area contributed by atoms with E-state index in [1.165, 1.54) is 11.6 Å². The summed E-state index contributed by atoms with van der Waals surface area (Å²) in [6.07, 6.45) is 1.88. The van der Waals surface area contributed by atoms with Crippen molar-refractivity contribution in [2.45, 2.75) is 49.8 Å². The van der Waals surface area contributed by atoms with Crippen LogP contribution < -0.4 is 14.8 Å². The van der Waals surface area contributed by atoms with Gasteiger partial charge >= 0.3 is 0 Å². The number of hydrogen-bond acceptors (Lipinski definition) is 6. The standard InChI is InChI=1S/C40H41NO5S/c1-40(2,41-27-37(42)34-21-24-38(39(26-34)47(3,43)44)46-29-32-17-11-6-12-18-32)36(25-30-13-7-4-8-14-30)33-19-22-35(23-20-33)45-28-31-15-9-5-10-16-31/h4-24,26,36,41H,25,27-29H2,1-3H3. The largest absolute Gasteiger partial charge is 0.489 e. The molecule has 0 fully saturated rings. The monoisotopic (exact) mass is 647 g/mol. The van der Waals surface area contributed by atoms with Crippen molar-refractivity contribution < 1.29 is 22.7 Å². The number of ketones is 1. The third-order valence-corrected chi connectivity index (χ3v) is 9.41. The van der Waals surface area contributed by atoms with Gasteiger partial charge in [0, 0.05) is 23.3 Å². The van der Waals surface area contributed by atoms with E-state index in [2.05, 4.69) is 43.4 Å². The Kier molecular flexibility index (Phi) is 10.9. The number of carbonyl (C=O) groups excluding carboxylic acids is 1. The lowest BCUT2D eigenvalue weighted by molar-refractivity contribution is 0.0976. The summed E-state index contributed by atoms with van der Waals surface area (Å²) in [6, 6.07) is 42.6. The van der Waals surface area contributed by atoms with E-state index in [0.29, 0.717) is 12.2 Å². The summed E-state index contributed by atoms with van der Waals surface area (Å²) in [5.41, 5.74) is 4.12. The Labute approximate surface area is 278 Å². The molecule has 0 amide bonds. The maximum atomic E-state index is 13.5. The predicted molar refractivity (Wildman–Crippen MR) is 187 cm³/mol. The molecule has 1 N–H and O–H groups in total. The molecule has 1 atom stereocenters. The summed E-state index contributed by atoms with van der Waals surface area (Å²) in [6.45, 7) is 4.93. The number of rotatable bonds is 15. The van der Waals surface area contributed by atoms with Crippen LogP contribution in [-0.4, -0.2) is 32.5 Å². The Bertz CT molecular complexity index is 1860. The first-order valence-electron chi connectivity index (χ1n) is 15.7. The maximum Gasteiger partial charge on any atom is 0.179 e. The highest BCUT2D eigenvalue weighted by Gasteiger charge is 2.31. The first-order chi connectivity index (χ1) is 22.6. The topological polar surface area (TPSA) is 81.7 Å². The minimum absolute atomic E-state index is 0.00457. The van der Waals surface area contributed by atoms with Crippen LogP contribution in [0.25, 0.3) is 0 Å². The molecule has 0 spiro atoms. The predicted octanol–water partition coefficient (Wildman–Crippen LogP) is 7.83. The van der Waals surface area contributed by atoms with Crippen LogP contribution in [0.3, 0.4) is 0 Å². The molecule has 0 saturated carbocycles. The molecule has 0 aliphatic heterocycles. The third kappa shape index (κ3) is 9.41. The number of nitrogens with one attached hydrogen (secondary N) is 1. The Morgan fingerprint density at radius 1 is 0.702 bits per heavy atom. The molecule has 5 aromatic carbocycles. The molecule has 47 heavy (non-hydrogen) atoms. The molecule has 0 radical (unpaired) electrons. The molecule has 0 aromatic heterocycles. The molecule has 0 saturated heterocycles. The molecule has 5 aromatic rings. The van der Waals surface area contributed by atoms with Gasteiger partial charge in [-0.1, -0.05) is 103 Å². The summed E-state index contributed by atoms with van der Waals surface area (Å²) >= 11 is 0. The van der Waals surface area contributed by atoms with E-state index < -0.39 is 15.4 Å². The lowest BCUT2D eigenvalue weighted by atomic mass is 9.77. The normalized spacial score (nSPS) is 12.3. The van der Waals surface area contributed by atoms with Gasteiger partial charge in [0.05, 0.1) is 6.54 Å². The van der Waals surface area contributed by atoms with Gasteiger partial charge in [0.25, 0.3) is 0 Å². The van der Waals surface area contributed by atoms with Crippen molar-refractivity contribution in [3.63, 3.8) is 0 Å². The average molecular weight is 648 g/mol. The first-order valence-corrected chi connectivity index (χ1v) is 17.6. The Morgan fingerprint density at radius 3 is 1.79 bits per heavy atom. The van der Waals surface area contributed by atoms with Gasteiger partial charge in [-0.05, 0) is 72.9 Å². The van der Waals surface area contributed by atoms with Gasteiger partial charge in [0.1, 0.15) is 29.6 Å². The average Bonchev–Trinajstić information content (AvgIpc) is 3.09. The van der Waals surface area contributed by atoms with Gasteiger partial charge in [-0.3, -0.25) is 4.79 Å². The number of hydrogen-bond donors (Lipinski definition) is 1. The molecule has 242 valence electrons. The zero-order valence-electron chi connectivity index (χ0n) is 27.1. The van der Waals surface area contributed by atoms with Crippen LogP contribution in [-0.2, 0) is 29.5 Å². The van der Waals surface area contributed by atoms with E-state index in [-0.39, 0.29) is 35.5 Å². The lowest BCUT2D eigenvalue weighted by Gasteiger charge is -2.36. The molecule has 0 heterocycles. The van der Waals surface area contributed by atoms with Crippen LogP contribution in [0.5, 0.6) is 11.5 Å². The second-order valence-electron chi connectivity index (χ2n) is 12.3. The molecular weight excluding hydrogens is 607 g/mol. The zero-order valence-corrected chi connectivity index (χ0v) is 27.9. The molecule has 6 nitrogen and oxygen atoms in total. The van der Waals surface area contributed by atoms with E-state index >= 15 is 0 Å². The Hall–Kier alpha value is -4.72. The first kappa shape index (κ1) is 33.6. The second kappa shape index (κ2) is 15.2. The SMILES string of the molecule is CC(C)(NCC(=O)c1ccc(OCc2ccccc2)c(S(C)(=O)=O)c1)C(Cc1ccccc1)c1ccc(OCc2ccccc2)cc1. The van der Waals surface area contributed by atoms with Crippen molar-refractivity contribution in [1.82, 2.24) is 5.32 Å². The smallest absolute Gasteiger partial charge is 0.179 e. The number of benzene rings is 5. The second-order valence-corrected chi connectivity index (χ2v) is 14.3. The maximum absolute atomic E-state index is 13.5. The highest BCUT2D eigenvalue weighted by molar-refractivity contribution is 7.90. The summed E-state index contributed by atoms with van der Waals surface area (Å²) in [7, 11) is -3.65. The van der Waals surface area contributed by atoms with E-state index in [0.717, 1.165) is 35.1 Å². The highest BCUT2D eigenvalue weighted by Crippen LogP contribution is 2.33. The van der Waals surface area contributed by atoms with E-state index in [1.54, 1.807) is 12.1 Å². The van der Waals surface area contributed by atoms with Crippen molar-refractivity contribution in [3.8, 4) is 11.5 Å². The van der Waals surface area contributed by atoms with Gasteiger partial charge < -0.3 is 14.8 Å². The van der Waals surface area contributed by atoms with Gasteiger partial charge in [-0.2, -0.15) is 0 Å². The van der Waals surface area contributed by atoms with Gasteiger partial charge in [-0.25, -0.2) is 8.42 Å². The van der Waals surface area contributed by atoms with Crippen molar-refractivity contribution in [2.75, 3.05) is 12.8 Å². The quantitative estimate of drug-likeness (QED) is 0.117. The summed E-state index contributed by atoms with van der Waals surface area (Å²) in [4.78, 5) is 13.5. The Morgan fingerprint density at radius 2 is 1.23 bits per heavy atom. The lowest BCUT2D eigenvalue weighted by Crippen LogP contribution is -2.47. The van der Waals surface area contributed by atoms with Crippen LogP contribution in [0.2, 0.25) is 0 Å². The summed E-state index contributed by atoms with van der Waals surface area (Å²) < 4.78 is 37.3. The third-order valence-electron chi connectivity index (χ3n) is 8.29. The fraction of sp³-hybridized carbons (Fsp3) is 0.225. The van der Waals surface area contributed by atoms with Crippen molar-refractivity contribution in [1.29, 1.82) is 0 Å². The van der Waals surface area contributed by atoms with Gasteiger partial charge in [0.2, 0.25) is 0 Å². The van der Waals surface area contributed by atoms with Crippen LogP contribution in [0.4, 0.5) is 0 Å². The Balaban J connectivity index is 1.31. The van der Waals surface area contributed by atoms with Crippen LogP contribution in [0.15, 0.2) is 138 Å². The zero-order chi connectivity index (χ0) is 33.3. The van der Waals surface area contributed by atoms with Crippen LogP contribution in [0, 0.1) is 0 Å². The van der Waals surface area contributed by atoms with E-state index in [9.17, 15) is 13.2 Å². The fourth-order valence-corrected chi connectivity index (χ4v) is 6.37. The van der Waals surface area contributed by atoms with Crippen molar-refractivity contribution in [3.05, 3.63) is 161 Å². The summed E-state index contributed by atoms with van der Waals surface area (Å²) in [5.74, 6) is 0.817. The molecule has 0 bridgehead atoms. The highest BCUT2D eigenvalue weighted by atomic mass is 32.2. The van der Waals surface area contributed by atoms with Crippen molar-refractivity contribution in [2.24, 2.45) is 0 Å². The molecular formula is C40H41NO5S. The fourth-order valence-electron chi connectivity index (χ4n) is 5.54. The molecule has 0 aliphatic rings. The minimum Gasteiger partial charge on any atom is -0.489 e. The molecule has 5 rings (SSSR count). The van der Waals surface area contributed by atoms with Crippen molar-refractivity contribution >= 4 is 15.6 Å². The van der Waals surface area contributed by atoms with Crippen LogP contribution >= 0.6 is 0 Å². The van der Waals surface area contributed by atoms with Gasteiger partial charge in [-0.15, -0.1) is 0 Å². The van der Waals surface area contributed by atoms with E-state index in [4.69, 9.17) is 9.47 Å². The number of sulfone groups is 1. The molecule has 1 unspecified atom stereocenters. The molecule has 7 heteroatoms. The number of ether oxygens (including phenoxy) is 2. The minimum atomic E-state index is -3.65. The molecule has 0 aliphatic carbocycles. The number of Topliss-reactive ketones (excluding diaryl/α,β-unsaturated/α-hetero) is 1. The number of carbonyl (C=O) groups is 1. The van der Waals surface area contributed by atoms with Crippen LogP contribution in [0.1, 0.15) is 52.4 Å².